The van der Waals surface area contributed by atoms with Crippen LogP contribution >= 0.6 is 0 Å². The van der Waals surface area contributed by atoms with E-state index in [1.54, 1.807) is 18.2 Å². The van der Waals surface area contributed by atoms with E-state index in [-0.39, 0.29) is 17.4 Å². The molecule has 0 atom stereocenters. The van der Waals surface area contributed by atoms with Crippen molar-refractivity contribution >= 4 is 23.3 Å². The molecule has 6 nitrogen and oxygen atoms in total. The minimum Gasteiger partial charge on any atom is -0.478 e. The van der Waals surface area contributed by atoms with Crippen molar-refractivity contribution in [3.05, 3.63) is 23.8 Å². The van der Waals surface area contributed by atoms with Gasteiger partial charge in [-0.2, -0.15) is 0 Å². The summed E-state index contributed by atoms with van der Waals surface area (Å²) in [5.41, 5.74) is 12.4. The summed E-state index contributed by atoms with van der Waals surface area (Å²) in [6, 6.07) is 4.91. The highest BCUT2D eigenvalue weighted by Crippen LogP contribution is 2.32. The number of rotatable bonds is 4. The molecule has 108 valence electrons. The molecule has 1 aromatic carbocycles. The van der Waals surface area contributed by atoms with E-state index in [0.29, 0.717) is 30.9 Å². The Kier molecular flexibility index (Phi) is 4.12. The average Bonchev–Trinajstić information content (AvgIpc) is 2.39. The Hall–Kier alpha value is -2.24. The first-order chi connectivity index (χ1) is 9.49. The molecule has 20 heavy (non-hydrogen) atoms. The Morgan fingerprint density at radius 3 is 2.50 bits per heavy atom. The van der Waals surface area contributed by atoms with Crippen molar-refractivity contribution in [2.75, 3.05) is 23.7 Å². The van der Waals surface area contributed by atoms with Gasteiger partial charge in [-0.15, -0.1) is 0 Å². The number of carboxylic acid groups (broad SMARTS) is 1. The second-order valence-electron chi connectivity index (χ2n) is 5.15. The van der Waals surface area contributed by atoms with Crippen LogP contribution < -0.4 is 16.4 Å². The van der Waals surface area contributed by atoms with Crippen molar-refractivity contribution in [3.63, 3.8) is 0 Å². The molecular formula is C14H19N3O3. The highest BCUT2D eigenvalue weighted by Gasteiger charge is 2.25. The Bertz CT molecular complexity index is 522. The van der Waals surface area contributed by atoms with Crippen LogP contribution in [0.15, 0.2) is 18.2 Å². The predicted molar refractivity (Wildman–Crippen MR) is 76.6 cm³/mol. The number of carbonyl (C=O) groups is 2. The lowest BCUT2D eigenvalue weighted by Crippen LogP contribution is -2.36. The summed E-state index contributed by atoms with van der Waals surface area (Å²) in [6.45, 7) is 1.37. The maximum Gasteiger partial charge on any atom is 0.337 e. The van der Waals surface area contributed by atoms with Crippen molar-refractivity contribution in [3.8, 4) is 0 Å². The Balaban J connectivity index is 2.14. The number of hydrogen-bond acceptors (Lipinski definition) is 4. The SMILES string of the molecule is NC(=O)CC1CCN(c2c(N)cccc2C(=O)O)CC1. The van der Waals surface area contributed by atoms with Gasteiger partial charge in [-0.3, -0.25) is 4.79 Å². The van der Waals surface area contributed by atoms with E-state index in [2.05, 4.69) is 0 Å². The molecule has 1 heterocycles. The van der Waals surface area contributed by atoms with E-state index in [1.165, 1.54) is 0 Å². The topological polar surface area (TPSA) is 110 Å². The van der Waals surface area contributed by atoms with E-state index >= 15 is 0 Å². The number of para-hydroxylation sites is 1. The molecule has 2 rings (SSSR count). The smallest absolute Gasteiger partial charge is 0.337 e. The van der Waals surface area contributed by atoms with Crippen molar-refractivity contribution in [2.45, 2.75) is 19.3 Å². The quantitative estimate of drug-likeness (QED) is 0.713. The molecule has 1 amide bonds. The lowest BCUT2D eigenvalue weighted by atomic mass is 9.92. The maximum absolute atomic E-state index is 11.3. The number of nitrogens with zero attached hydrogens (tertiary/aromatic N) is 1. The van der Waals surface area contributed by atoms with Crippen LogP contribution in [0.3, 0.4) is 0 Å². The summed E-state index contributed by atoms with van der Waals surface area (Å²) < 4.78 is 0. The largest absolute Gasteiger partial charge is 0.478 e. The van der Waals surface area contributed by atoms with Crippen LogP contribution in [0, 0.1) is 5.92 Å². The highest BCUT2D eigenvalue weighted by atomic mass is 16.4. The summed E-state index contributed by atoms with van der Waals surface area (Å²) in [7, 11) is 0. The van der Waals surface area contributed by atoms with Crippen molar-refractivity contribution in [1.29, 1.82) is 0 Å². The first-order valence-corrected chi connectivity index (χ1v) is 6.64. The molecule has 0 unspecified atom stereocenters. The number of piperidine rings is 1. The monoisotopic (exact) mass is 277 g/mol. The molecular weight excluding hydrogens is 258 g/mol. The standard InChI is InChI=1S/C14H19N3O3/c15-11-3-1-2-10(14(19)20)13(11)17-6-4-9(5-7-17)8-12(16)18/h1-3,9H,4-8,15H2,(H2,16,18)(H,19,20). The number of benzene rings is 1. The fourth-order valence-corrected chi connectivity index (χ4v) is 2.73. The fourth-order valence-electron chi connectivity index (χ4n) is 2.73. The summed E-state index contributed by atoms with van der Waals surface area (Å²) >= 11 is 0. The zero-order valence-corrected chi connectivity index (χ0v) is 11.2. The number of nitrogens with two attached hydrogens (primary N) is 2. The second kappa shape index (κ2) is 5.81. The van der Waals surface area contributed by atoms with Crippen LogP contribution in [0.25, 0.3) is 0 Å². The molecule has 1 aliphatic rings. The number of carboxylic acids is 1. The van der Waals surface area contributed by atoms with E-state index < -0.39 is 5.97 Å². The number of hydrogen-bond donors (Lipinski definition) is 3. The number of primary amides is 1. The van der Waals surface area contributed by atoms with Crippen LogP contribution in [-0.4, -0.2) is 30.1 Å². The van der Waals surface area contributed by atoms with Crippen molar-refractivity contribution in [2.24, 2.45) is 11.7 Å². The molecule has 0 saturated carbocycles. The highest BCUT2D eigenvalue weighted by molar-refractivity contribution is 5.98. The van der Waals surface area contributed by atoms with Crippen LogP contribution in [0.1, 0.15) is 29.6 Å². The zero-order valence-electron chi connectivity index (χ0n) is 11.2. The molecule has 1 aromatic rings. The van der Waals surface area contributed by atoms with E-state index in [9.17, 15) is 14.7 Å². The van der Waals surface area contributed by atoms with E-state index in [4.69, 9.17) is 11.5 Å². The molecule has 1 saturated heterocycles. The molecule has 0 spiro atoms. The third-order valence-electron chi connectivity index (χ3n) is 3.72. The molecule has 5 N–H and O–H groups in total. The third-order valence-corrected chi connectivity index (χ3v) is 3.72. The van der Waals surface area contributed by atoms with Gasteiger partial charge < -0.3 is 21.5 Å². The van der Waals surface area contributed by atoms with Gasteiger partial charge in [0.2, 0.25) is 5.91 Å². The number of aromatic carboxylic acids is 1. The molecule has 0 radical (unpaired) electrons. The van der Waals surface area contributed by atoms with Gasteiger partial charge in [0.25, 0.3) is 0 Å². The van der Waals surface area contributed by atoms with E-state index in [0.717, 1.165) is 12.8 Å². The first-order valence-electron chi connectivity index (χ1n) is 6.64. The Labute approximate surface area is 117 Å². The van der Waals surface area contributed by atoms with Crippen LogP contribution in [0.4, 0.5) is 11.4 Å². The van der Waals surface area contributed by atoms with Crippen LogP contribution in [-0.2, 0) is 4.79 Å². The number of carbonyl (C=O) groups excluding carboxylic acids is 1. The lowest BCUT2D eigenvalue weighted by molar-refractivity contribution is -0.119. The number of nitrogen functional groups attached to an aromatic ring is 1. The minimum atomic E-state index is -0.980. The Morgan fingerprint density at radius 1 is 1.30 bits per heavy atom. The van der Waals surface area contributed by atoms with Gasteiger partial charge in [0.1, 0.15) is 0 Å². The molecule has 0 aromatic heterocycles. The Morgan fingerprint density at radius 2 is 1.95 bits per heavy atom. The lowest BCUT2D eigenvalue weighted by Gasteiger charge is -2.34. The molecule has 1 aliphatic heterocycles. The van der Waals surface area contributed by atoms with Crippen molar-refractivity contribution < 1.29 is 14.7 Å². The van der Waals surface area contributed by atoms with E-state index in [1.807, 2.05) is 4.90 Å². The second-order valence-corrected chi connectivity index (χ2v) is 5.15. The predicted octanol–water partition coefficient (Wildman–Crippen LogP) is 1.06. The average molecular weight is 277 g/mol. The van der Waals surface area contributed by atoms with Crippen LogP contribution in [0.2, 0.25) is 0 Å². The van der Waals surface area contributed by atoms with Gasteiger partial charge in [-0.1, -0.05) is 6.07 Å². The number of amides is 1. The third kappa shape index (κ3) is 3.01. The first kappa shape index (κ1) is 14.2. The molecule has 1 fully saturated rings. The van der Waals surface area contributed by atoms with Gasteiger partial charge in [0, 0.05) is 19.5 Å². The van der Waals surface area contributed by atoms with Crippen LogP contribution in [0.5, 0.6) is 0 Å². The zero-order chi connectivity index (χ0) is 14.7. The van der Waals surface area contributed by atoms with Gasteiger partial charge >= 0.3 is 5.97 Å². The molecule has 0 aliphatic carbocycles. The fraction of sp³-hybridized carbons (Fsp3) is 0.429. The summed E-state index contributed by atoms with van der Waals surface area (Å²) in [4.78, 5) is 24.2. The summed E-state index contributed by atoms with van der Waals surface area (Å²) in [6.07, 6.45) is 2.02. The maximum atomic E-state index is 11.3. The van der Waals surface area contributed by atoms with Gasteiger partial charge in [0.15, 0.2) is 0 Å². The summed E-state index contributed by atoms with van der Waals surface area (Å²) in [5, 5.41) is 9.25. The molecule has 6 heteroatoms. The van der Waals surface area contributed by atoms with Gasteiger partial charge in [-0.05, 0) is 30.9 Å². The van der Waals surface area contributed by atoms with Gasteiger partial charge in [-0.25, -0.2) is 4.79 Å². The number of anilines is 2. The molecule has 0 bridgehead atoms. The van der Waals surface area contributed by atoms with Crippen molar-refractivity contribution in [1.82, 2.24) is 0 Å². The minimum absolute atomic E-state index is 0.221. The summed E-state index contributed by atoms with van der Waals surface area (Å²) in [5.74, 6) is -0.984. The normalized spacial score (nSPS) is 16.1. The van der Waals surface area contributed by atoms with Gasteiger partial charge in [0.05, 0.1) is 16.9 Å².